The Bertz CT molecular complexity index is 823. The summed E-state index contributed by atoms with van der Waals surface area (Å²) in [4.78, 5) is 26.7. The van der Waals surface area contributed by atoms with Gasteiger partial charge in [0, 0.05) is 12.6 Å². The third-order valence-corrected chi connectivity index (χ3v) is 5.49. The normalized spacial score (nSPS) is 17.7. The van der Waals surface area contributed by atoms with Gasteiger partial charge < -0.3 is 14.8 Å². The lowest BCUT2D eigenvalue weighted by Gasteiger charge is -2.38. The second-order valence-corrected chi connectivity index (χ2v) is 7.63. The molecule has 160 valence electrons. The molecular weight excluding hydrogens is 380 g/mol. The van der Waals surface area contributed by atoms with E-state index in [0.717, 1.165) is 37.1 Å². The number of nitrogens with one attached hydrogen (secondary N) is 1. The van der Waals surface area contributed by atoms with Crippen LogP contribution in [0.5, 0.6) is 5.75 Å². The number of esters is 1. The minimum Gasteiger partial charge on any atom is -0.492 e. The Labute approximate surface area is 178 Å². The zero-order chi connectivity index (χ0) is 21.3. The third kappa shape index (κ3) is 5.83. The van der Waals surface area contributed by atoms with Crippen LogP contribution >= 0.6 is 0 Å². The number of rotatable bonds is 8. The number of likely N-dealkylation sites (tertiary alicyclic amines) is 1. The molecule has 2 aromatic carbocycles. The van der Waals surface area contributed by atoms with Crippen molar-refractivity contribution in [2.24, 2.45) is 0 Å². The first-order valence-electron chi connectivity index (χ1n) is 10.5. The van der Waals surface area contributed by atoms with Crippen molar-refractivity contribution in [2.75, 3.05) is 20.3 Å². The summed E-state index contributed by atoms with van der Waals surface area (Å²) in [5.74, 6) is 0.520. The molecule has 1 N–H and O–H groups in total. The Morgan fingerprint density at radius 1 is 1.10 bits per heavy atom. The van der Waals surface area contributed by atoms with Crippen molar-refractivity contribution in [2.45, 2.75) is 44.8 Å². The Morgan fingerprint density at radius 2 is 1.83 bits per heavy atom. The minimum atomic E-state index is -0.366. The Hall–Kier alpha value is -2.86. The number of carbonyl (C=O) groups is 2. The van der Waals surface area contributed by atoms with Crippen LogP contribution in [0.4, 0.5) is 0 Å². The summed E-state index contributed by atoms with van der Waals surface area (Å²) < 4.78 is 10.6. The van der Waals surface area contributed by atoms with Crippen LogP contribution in [0, 0.1) is 0 Å². The van der Waals surface area contributed by atoms with Gasteiger partial charge in [-0.15, -0.1) is 0 Å². The fourth-order valence-corrected chi connectivity index (χ4v) is 3.78. The van der Waals surface area contributed by atoms with E-state index in [1.807, 2.05) is 42.5 Å². The van der Waals surface area contributed by atoms with E-state index in [-0.39, 0.29) is 24.0 Å². The van der Waals surface area contributed by atoms with E-state index in [9.17, 15) is 9.59 Å². The molecule has 2 atom stereocenters. The number of methoxy groups -OCH3 is 1. The minimum absolute atomic E-state index is 0.0401. The van der Waals surface area contributed by atoms with E-state index in [1.54, 1.807) is 12.1 Å². The molecule has 0 spiro atoms. The van der Waals surface area contributed by atoms with Crippen LogP contribution < -0.4 is 10.1 Å². The molecule has 1 heterocycles. The van der Waals surface area contributed by atoms with Crippen LogP contribution in [0.1, 0.15) is 42.1 Å². The van der Waals surface area contributed by atoms with Crippen molar-refractivity contribution < 1.29 is 19.1 Å². The van der Waals surface area contributed by atoms with Gasteiger partial charge in [0.2, 0.25) is 5.91 Å². The lowest BCUT2D eigenvalue weighted by Crippen LogP contribution is -2.54. The molecule has 1 unspecified atom stereocenters. The van der Waals surface area contributed by atoms with E-state index >= 15 is 0 Å². The maximum absolute atomic E-state index is 12.9. The molecule has 6 nitrogen and oxygen atoms in total. The number of para-hydroxylation sites is 1. The lowest BCUT2D eigenvalue weighted by atomic mass is 9.99. The van der Waals surface area contributed by atoms with Gasteiger partial charge in [-0.2, -0.15) is 0 Å². The first kappa shape index (κ1) is 21.8. The molecule has 0 aromatic heterocycles. The molecule has 1 aliphatic heterocycles. The van der Waals surface area contributed by atoms with E-state index in [2.05, 4.69) is 17.1 Å². The summed E-state index contributed by atoms with van der Waals surface area (Å²) in [5, 5.41) is 3.05. The highest BCUT2D eigenvalue weighted by Crippen LogP contribution is 2.21. The first-order chi connectivity index (χ1) is 14.6. The number of nitrogens with zero attached hydrogens (tertiary/aromatic N) is 1. The van der Waals surface area contributed by atoms with Gasteiger partial charge in [0.15, 0.2) is 0 Å². The maximum atomic E-state index is 12.9. The van der Waals surface area contributed by atoms with Gasteiger partial charge in [-0.05, 0) is 56.1 Å². The summed E-state index contributed by atoms with van der Waals surface area (Å²) >= 11 is 0. The van der Waals surface area contributed by atoms with Gasteiger partial charge in [-0.3, -0.25) is 9.69 Å². The smallest absolute Gasteiger partial charge is 0.337 e. The second kappa shape index (κ2) is 10.8. The van der Waals surface area contributed by atoms with Crippen molar-refractivity contribution >= 4 is 11.9 Å². The second-order valence-electron chi connectivity index (χ2n) is 7.63. The number of benzene rings is 2. The molecule has 1 amide bonds. The highest BCUT2D eigenvalue weighted by atomic mass is 16.5. The highest BCUT2D eigenvalue weighted by molar-refractivity contribution is 5.89. The fraction of sp³-hybridized carbons (Fsp3) is 0.417. The number of hydrogen-bond donors (Lipinski definition) is 1. The molecule has 0 saturated carbocycles. The van der Waals surface area contributed by atoms with E-state index in [1.165, 1.54) is 7.11 Å². The molecule has 2 aromatic rings. The standard InChI is InChI=1S/C24H30N2O4/c1-18(17-30-21-8-4-3-5-9-21)26-15-7-6-10-22(26)23(27)25-16-19-11-13-20(14-12-19)24(28)29-2/h3-5,8-9,11-14,18,22H,6-7,10,15-17H2,1-2H3,(H,25,27)/t18?,22-/m1/s1. The van der Waals surface area contributed by atoms with Crippen LogP contribution in [0.2, 0.25) is 0 Å². The number of carbonyl (C=O) groups excluding carboxylic acids is 2. The molecule has 0 bridgehead atoms. The summed E-state index contributed by atoms with van der Waals surface area (Å²) in [5.41, 5.74) is 1.44. The van der Waals surface area contributed by atoms with Gasteiger partial charge in [0.25, 0.3) is 0 Å². The average molecular weight is 411 g/mol. The summed E-state index contributed by atoms with van der Waals surface area (Å²) in [6, 6.07) is 16.8. The topological polar surface area (TPSA) is 67.9 Å². The molecule has 6 heteroatoms. The molecule has 30 heavy (non-hydrogen) atoms. The van der Waals surface area contributed by atoms with E-state index < -0.39 is 0 Å². The van der Waals surface area contributed by atoms with Crippen molar-refractivity contribution in [3.63, 3.8) is 0 Å². The largest absolute Gasteiger partial charge is 0.492 e. The van der Waals surface area contributed by atoms with Gasteiger partial charge in [-0.1, -0.05) is 36.8 Å². The SMILES string of the molecule is COC(=O)c1ccc(CNC(=O)[C@H]2CCCCN2C(C)COc2ccccc2)cc1. The summed E-state index contributed by atoms with van der Waals surface area (Å²) in [6.07, 6.45) is 2.99. The van der Waals surface area contributed by atoms with Crippen molar-refractivity contribution in [1.82, 2.24) is 10.2 Å². The summed E-state index contributed by atoms with van der Waals surface area (Å²) in [7, 11) is 1.36. The predicted octanol–water partition coefficient (Wildman–Crippen LogP) is 3.41. The van der Waals surface area contributed by atoms with Crippen LogP contribution in [-0.2, 0) is 16.1 Å². The average Bonchev–Trinajstić information content (AvgIpc) is 2.81. The number of amides is 1. The fourth-order valence-electron chi connectivity index (χ4n) is 3.78. The zero-order valence-electron chi connectivity index (χ0n) is 17.7. The van der Waals surface area contributed by atoms with Crippen LogP contribution in [0.25, 0.3) is 0 Å². The van der Waals surface area contributed by atoms with Crippen LogP contribution in [0.15, 0.2) is 54.6 Å². The predicted molar refractivity (Wildman–Crippen MR) is 115 cm³/mol. The Balaban J connectivity index is 1.54. The Kier molecular flexibility index (Phi) is 7.85. The maximum Gasteiger partial charge on any atom is 0.337 e. The van der Waals surface area contributed by atoms with Gasteiger partial charge in [0.1, 0.15) is 12.4 Å². The molecule has 1 fully saturated rings. The van der Waals surface area contributed by atoms with Gasteiger partial charge >= 0.3 is 5.97 Å². The van der Waals surface area contributed by atoms with Crippen LogP contribution in [-0.4, -0.2) is 49.1 Å². The summed E-state index contributed by atoms with van der Waals surface area (Å²) in [6.45, 7) is 3.98. The van der Waals surface area contributed by atoms with E-state index in [0.29, 0.717) is 18.7 Å². The van der Waals surface area contributed by atoms with E-state index in [4.69, 9.17) is 9.47 Å². The molecule has 1 aliphatic rings. The van der Waals surface area contributed by atoms with Crippen LogP contribution in [0.3, 0.4) is 0 Å². The lowest BCUT2D eigenvalue weighted by molar-refractivity contribution is -0.129. The Morgan fingerprint density at radius 3 is 2.53 bits per heavy atom. The molecule has 0 radical (unpaired) electrons. The van der Waals surface area contributed by atoms with Gasteiger partial charge in [-0.25, -0.2) is 4.79 Å². The number of piperidine rings is 1. The monoisotopic (exact) mass is 410 g/mol. The van der Waals surface area contributed by atoms with Crippen molar-refractivity contribution in [1.29, 1.82) is 0 Å². The third-order valence-electron chi connectivity index (χ3n) is 5.49. The highest BCUT2D eigenvalue weighted by Gasteiger charge is 2.31. The van der Waals surface area contributed by atoms with Gasteiger partial charge in [0.05, 0.1) is 18.7 Å². The quantitative estimate of drug-likeness (QED) is 0.676. The molecule has 0 aliphatic carbocycles. The van der Waals surface area contributed by atoms with Crippen molar-refractivity contribution in [3.8, 4) is 5.75 Å². The van der Waals surface area contributed by atoms with Crippen molar-refractivity contribution in [3.05, 3.63) is 65.7 Å². The number of ether oxygens (including phenoxy) is 2. The molecule has 3 rings (SSSR count). The first-order valence-corrected chi connectivity index (χ1v) is 10.5. The zero-order valence-corrected chi connectivity index (χ0v) is 17.7. The number of hydrogen-bond acceptors (Lipinski definition) is 5. The molecule has 1 saturated heterocycles. The molecular formula is C24H30N2O4.